The summed E-state index contributed by atoms with van der Waals surface area (Å²) < 4.78 is 0. The Morgan fingerprint density at radius 3 is 2.24 bits per heavy atom. The average molecular weight is 258 g/mol. The molecule has 2 atom stereocenters. The Bertz CT molecular complexity index is 200. The Labute approximate surface area is 112 Å². The molecule has 0 aromatic carbocycles. The molecule has 1 saturated heterocycles. The number of nitrogens with one attached hydrogen (secondary N) is 1. The highest BCUT2D eigenvalue weighted by molar-refractivity contribution is 7.99. The molecule has 3 heteroatoms. The molecule has 17 heavy (non-hydrogen) atoms. The van der Waals surface area contributed by atoms with E-state index in [1.807, 2.05) is 11.8 Å². The predicted octanol–water partition coefficient (Wildman–Crippen LogP) is 2.84. The maximum Gasteiger partial charge on any atom is 0.0105 e. The lowest BCUT2D eigenvalue weighted by Gasteiger charge is -2.38. The Morgan fingerprint density at radius 1 is 1.18 bits per heavy atom. The van der Waals surface area contributed by atoms with E-state index in [4.69, 9.17) is 0 Å². The van der Waals surface area contributed by atoms with Gasteiger partial charge in [-0.25, -0.2) is 0 Å². The molecule has 1 fully saturated rings. The van der Waals surface area contributed by atoms with Crippen LogP contribution in [0.2, 0.25) is 0 Å². The summed E-state index contributed by atoms with van der Waals surface area (Å²) in [6.45, 7) is 12.9. The third-order valence-corrected chi connectivity index (χ3v) is 5.20. The van der Waals surface area contributed by atoms with E-state index >= 15 is 0 Å². The van der Waals surface area contributed by atoms with Crippen LogP contribution in [0.25, 0.3) is 0 Å². The van der Waals surface area contributed by atoms with E-state index < -0.39 is 0 Å². The molecule has 102 valence electrons. The SMILES string of the molecule is CSC1CCN(C(C)C(C)CNC(C)C)CC1. The maximum atomic E-state index is 3.55. The molecule has 0 aliphatic carbocycles. The number of piperidine rings is 1. The van der Waals surface area contributed by atoms with Crippen LogP contribution in [0.15, 0.2) is 0 Å². The zero-order chi connectivity index (χ0) is 12.8. The Kier molecular flexibility index (Phi) is 6.90. The van der Waals surface area contributed by atoms with E-state index in [-0.39, 0.29) is 0 Å². The Morgan fingerprint density at radius 2 is 1.76 bits per heavy atom. The molecule has 1 aliphatic heterocycles. The number of nitrogens with zero attached hydrogens (tertiary/aromatic N) is 1. The molecular formula is C14H30N2S. The number of hydrogen-bond donors (Lipinski definition) is 1. The van der Waals surface area contributed by atoms with Crippen LogP contribution in [0.4, 0.5) is 0 Å². The first kappa shape index (κ1) is 15.3. The first-order chi connectivity index (χ1) is 8.04. The van der Waals surface area contributed by atoms with Gasteiger partial charge in [-0.15, -0.1) is 0 Å². The van der Waals surface area contributed by atoms with Crippen LogP contribution >= 0.6 is 11.8 Å². The summed E-state index contributed by atoms with van der Waals surface area (Å²) in [5, 5.41) is 4.46. The minimum atomic E-state index is 0.604. The lowest BCUT2D eigenvalue weighted by Crippen LogP contribution is -2.46. The molecule has 1 heterocycles. The predicted molar refractivity (Wildman–Crippen MR) is 79.9 cm³/mol. The molecule has 1 rings (SSSR count). The van der Waals surface area contributed by atoms with E-state index in [0.29, 0.717) is 12.1 Å². The van der Waals surface area contributed by atoms with Crippen molar-refractivity contribution in [3.05, 3.63) is 0 Å². The summed E-state index contributed by atoms with van der Waals surface area (Å²) in [5.74, 6) is 0.739. The van der Waals surface area contributed by atoms with Crippen molar-refractivity contribution in [2.24, 2.45) is 5.92 Å². The molecule has 0 amide bonds. The van der Waals surface area contributed by atoms with Crippen molar-refractivity contribution in [2.45, 2.75) is 57.9 Å². The lowest BCUT2D eigenvalue weighted by atomic mass is 9.99. The van der Waals surface area contributed by atoms with E-state index in [9.17, 15) is 0 Å². The molecule has 2 unspecified atom stereocenters. The number of thioether (sulfide) groups is 1. The third-order valence-electron chi connectivity index (χ3n) is 4.06. The normalized spacial score (nSPS) is 22.9. The first-order valence-corrected chi connectivity index (χ1v) is 8.33. The number of rotatable bonds is 6. The van der Waals surface area contributed by atoms with Gasteiger partial charge in [0.25, 0.3) is 0 Å². The zero-order valence-corrected chi connectivity index (χ0v) is 13.0. The smallest absolute Gasteiger partial charge is 0.0105 e. The fourth-order valence-electron chi connectivity index (χ4n) is 2.47. The average Bonchev–Trinajstić information content (AvgIpc) is 2.35. The lowest BCUT2D eigenvalue weighted by molar-refractivity contribution is 0.135. The van der Waals surface area contributed by atoms with Crippen LogP contribution in [0.1, 0.15) is 40.5 Å². The standard InChI is InChI=1S/C14H30N2S/c1-11(2)15-10-12(3)13(4)16-8-6-14(17-5)7-9-16/h11-15H,6-10H2,1-5H3. The fraction of sp³-hybridized carbons (Fsp3) is 1.00. The van der Waals surface area contributed by atoms with Crippen LogP contribution in [-0.2, 0) is 0 Å². The molecule has 0 aromatic heterocycles. The zero-order valence-electron chi connectivity index (χ0n) is 12.2. The summed E-state index contributed by atoms with van der Waals surface area (Å²) in [4.78, 5) is 2.68. The van der Waals surface area contributed by atoms with Gasteiger partial charge in [-0.3, -0.25) is 0 Å². The van der Waals surface area contributed by atoms with E-state index in [0.717, 1.165) is 17.7 Å². The molecule has 1 aliphatic rings. The second-order valence-corrected chi connectivity index (χ2v) is 6.89. The van der Waals surface area contributed by atoms with Crippen molar-refractivity contribution in [3.63, 3.8) is 0 Å². The van der Waals surface area contributed by atoms with Crippen molar-refractivity contribution in [1.82, 2.24) is 10.2 Å². The van der Waals surface area contributed by atoms with Crippen LogP contribution in [0.5, 0.6) is 0 Å². The summed E-state index contributed by atoms with van der Waals surface area (Å²) in [6, 6.07) is 1.32. The van der Waals surface area contributed by atoms with E-state index in [1.165, 1.54) is 25.9 Å². The molecule has 2 nitrogen and oxygen atoms in total. The summed E-state index contributed by atoms with van der Waals surface area (Å²) in [6.07, 6.45) is 4.99. The molecule has 0 bridgehead atoms. The van der Waals surface area contributed by atoms with Gasteiger partial charge in [-0.2, -0.15) is 11.8 Å². The minimum Gasteiger partial charge on any atom is -0.314 e. The minimum absolute atomic E-state index is 0.604. The van der Waals surface area contributed by atoms with Gasteiger partial charge in [-0.1, -0.05) is 20.8 Å². The second-order valence-electron chi connectivity index (χ2n) is 5.75. The Balaban J connectivity index is 2.29. The van der Waals surface area contributed by atoms with Gasteiger partial charge in [0.15, 0.2) is 0 Å². The van der Waals surface area contributed by atoms with Crippen LogP contribution in [0.3, 0.4) is 0 Å². The fourth-order valence-corrected chi connectivity index (χ4v) is 3.15. The highest BCUT2D eigenvalue weighted by Crippen LogP contribution is 2.23. The molecule has 0 aromatic rings. The van der Waals surface area contributed by atoms with E-state index in [2.05, 4.69) is 44.2 Å². The van der Waals surface area contributed by atoms with Crippen molar-refractivity contribution >= 4 is 11.8 Å². The molecular weight excluding hydrogens is 228 g/mol. The largest absolute Gasteiger partial charge is 0.314 e. The highest BCUT2D eigenvalue weighted by atomic mass is 32.2. The molecule has 0 spiro atoms. The van der Waals surface area contributed by atoms with Gasteiger partial charge in [0.1, 0.15) is 0 Å². The van der Waals surface area contributed by atoms with Gasteiger partial charge in [0, 0.05) is 17.3 Å². The molecule has 0 saturated carbocycles. The van der Waals surface area contributed by atoms with Gasteiger partial charge in [0.2, 0.25) is 0 Å². The van der Waals surface area contributed by atoms with Crippen molar-refractivity contribution in [2.75, 3.05) is 25.9 Å². The van der Waals surface area contributed by atoms with Gasteiger partial charge in [-0.05, 0) is 51.6 Å². The molecule has 1 N–H and O–H groups in total. The maximum absolute atomic E-state index is 3.55. The second kappa shape index (κ2) is 7.65. The first-order valence-electron chi connectivity index (χ1n) is 7.04. The number of likely N-dealkylation sites (tertiary alicyclic amines) is 1. The monoisotopic (exact) mass is 258 g/mol. The van der Waals surface area contributed by atoms with Crippen LogP contribution in [-0.4, -0.2) is 48.1 Å². The summed E-state index contributed by atoms with van der Waals surface area (Å²) in [7, 11) is 0. The van der Waals surface area contributed by atoms with Gasteiger partial charge >= 0.3 is 0 Å². The van der Waals surface area contributed by atoms with Gasteiger partial charge in [0.05, 0.1) is 0 Å². The van der Waals surface area contributed by atoms with Gasteiger partial charge < -0.3 is 10.2 Å². The Hall–Kier alpha value is 0.270. The topological polar surface area (TPSA) is 15.3 Å². The molecule has 0 radical (unpaired) electrons. The van der Waals surface area contributed by atoms with Crippen molar-refractivity contribution < 1.29 is 0 Å². The number of hydrogen-bond acceptors (Lipinski definition) is 3. The van der Waals surface area contributed by atoms with Crippen molar-refractivity contribution in [3.8, 4) is 0 Å². The van der Waals surface area contributed by atoms with Crippen LogP contribution < -0.4 is 5.32 Å². The quantitative estimate of drug-likeness (QED) is 0.789. The summed E-state index contributed by atoms with van der Waals surface area (Å²) >= 11 is 2.04. The van der Waals surface area contributed by atoms with E-state index in [1.54, 1.807) is 0 Å². The van der Waals surface area contributed by atoms with Crippen LogP contribution in [0, 0.1) is 5.92 Å². The summed E-state index contributed by atoms with van der Waals surface area (Å²) in [5.41, 5.74) is 0. The third kappa shape index (κ3) is 5.19. The highest BCUT2D eigenvalue weighted by Gasteiger charge is 2.25. The van der Waals surface area contributed by atoms with Crippen molar-refractivity contribution in [1.29, 1.82) is 0 Å².